The van der Waals surface area contributed by atoms with Crippen molar-refractivity contribution in [2.24, 2.45) is 0 Å². The molecule has 0 amide bonds. The quantitative estimate of drug-likeness (QED) is 0.517. The first kappa shape index (κ1) is 17.7. The molecule has 2 aromatic carbocycles. The maximum absolute atomic E-state index is 3.58. The molecule has 1 N–H and O–H groups in total. The van der Waals surface area contributed by atoms with Crippen LogP contribution in [0.3, 0.4) is 0 Å². The van der Waals surface area contributed by atoms with E-state index in [1.54, 1.807) is 0 Å². The van der Waals surface area contributed by atoms with Crippen LogP contribution in [0.5, 0.6) is 0 Å². The van der Waals surface area contributed by atoms with Crippen LogP contribution in [0, 0.1) is 0 Å². The minimum Gasteiger partial charge on any atom is -0.317 e. The van der Waals surface area contributed by atoms with Gasteiger partial charge in [-0.05, 0) is 62.7 Å². The van der Waals surface area contributed by atoms with Gasteiger partial charge in [-0.2, -0.15) is 0 Å². The van der Waals surface area contributed by atoms with Crippen molar-refractivity contribution in [1.29, 1.82) is 0 Å². The zero-order chi connectivity index (χ0) is 16.0. The maximum Gasteiger partial charge on any atom is -0.00489 e. The molecule has 0 aliphatic rings. The Hall–Kier alpha value is -1.60. The van der Waals surface area contributed by atoms with E-state index in [0.29, 0.717) is 0 Å². The first-order valence-electron chi connectivity index (χ1n) is 9.24. The molecule has 1 nitrogen and oxygen atoms in total. The highest BCUT2D eigenvalue weighted by Gasteiger charge is 1.95. The summed E-state index contributed by atoms with van der Waals surface area (Å²) in [5.41, 5.74) is 2.94. The standard InChI is InChI=1S/C22H31N/c1-5-13-21(14-6-1)17-9-3-11-19-23-20-12-4-10-18-22-15-7-2-8-16-22/h1-2,5-8,13-16,23H,3-4,9-12,17-20H2. The van der Waals surface area contributed by atoms with E-state index in [1.165, 1.54) is 75.6 Å². The van der Waals surface area contributed by atoms with Gasteiger partial charge in [-0.15, -0.1) is 0 Å². The van der Waals surface area contributed by atoms with E-state index in [2.05, 4.69) is 66.0 Å². The van der Waals surface area contributed by atoms with Gasteiger partial charge in [0, 0.05) is 0 Å². The third-order valence-electron chi connectivity index (χ3n) is 4.32. The number of unbranched alkanes of at least 4 members (excludes halogenated alkanes) is 4. The Labute approximate surface area is 142 Å². The molecule has 0 bridgehead atoms. The lowest BCUT2D eigenvalue weighted by molar-refractivity contribution is 0.569. The van der Waals surface area contributed by atoms with Gasteiger partial charge in [0.05, 0.1) is 0 Å². The van der Waals surface area contributed by atoms with Gasteiger partial charge in [0.2, 0.25) is 0 Å². The van der Waals surface area contributed by atoms with E-state index in [0.717, 1.165) is 0 Å². The van der Waals surface area contributed by atoms with E-state index >= 15 is 0 Å². The minimum absolute atomic E-state index is 1.17. The second-order valence-electron chi connectivity index (χ2n) is 6.34. The Kier molecular flexibility index (Phi) is 9.18. The van der Waals surface area contributed by atoms with Gasteiger partial charge in [0.1, 0.15) is 0 Å². The summed E-state index contributed by atoms with van der Waals surface area (Å²) in [5.74, 6) is 0. The number of hydrogen-bond donors (Lipinski definition) is 1. The van der Waals surface area contributed by atoms with Crippen molar-refractivity contribution in [3.63, 3.8) is 0 Å². The van der Waals surface area contributed by atoms with Crippen molar-refractivity contribution in [2.45, 2.75) is 51.4 Å². The zero-order valence-electron chi connectivity index (χ0n) is 14.3. The van der Waals surface area contributed by atoms with Gasteiger partial charge in [-0.3, -0.25) is 0 Å². The van der Waals surface area contributed by atoms with Crippen LogP contribution in [-0.4, -0.2) is 13.1 Å². The fourth-order valence-electron chi connectivity index (χ4n) is 2.93. The molecule has 0 aliphatic heterocycles. The van der Waals surface area contributed by atoms with Crippen molar-refractivity contribution in [1.82, 2.24) is 5.32 Å². The predicted octanol–water partition coefficient (Wildman–Crippen LogP) is 5.40. The Morgan fingerprint density at radius 2 is 0.913 bits per heavy atom. The molecule has 1 heteroatoms. The fraction of sp³-hybridized carbons (Fsp3) is 0.455. The second-order valence-corrected chi connectivity index (χ2v) is 6.34. The molecule has 0 aromatic heterocycles. The van der Waals surface area contributed by atoms with Gasteiger partial charge in [0.15, 0.2) is 0 Å². The van der Waals surface area contributed by atoms with Crippen LogP contribution >= 0.6 is 0 Å². The molecule has 2 rings (SSSR count). The molecule has 0 radical (unpaired) electrons. The predicted molar refractivity (Wildman–Crippen MR) is 101 cm³/mol. The lowest BCUT2D eigenvalue weighted by atomic mass is 10.1. The molecule has 2 aromatic rings. The molecule has 0 saturated heterocycles. The highest BCUT2D eigenvalue weighted by atomic mass is 14.8. The summed E-state index contributed by atoms with van der Waals surface area (Å²) in [7, 11) is 0. The number of hydrogen-bond acceptors (Lipinski definition) is 1. The van der Waals surface area contributed by atoms with Crippen LogP contribution in [-0.2, 0) is 12.8 Å². The largest absolute Gasteiger partial charge is 0.317 e. The van der Waals surface area contributed by atoms with E-state index in [-0.39, 0.29) is 0 Å². The van der Waals surface area contributed by atoms with Crippen molar-refractivity contribution >= 4 is 0 Å². The molecule has 0 atom stereocenters. The molecule has 23 heavy (non-hydrogen) atoms. The van der Waals surface area contributed by atoms with E-state index in [9.17, 15) is 0 Å². The topological polar surface area (TPSA) is 12.0 Å². The van der Waals surface area contributed by atoms with E-state index < -0.39 is 0 Å². The number of nitrogens with one attached hydrogen (secondary N) is 1. The molecule has 0 heterocycles. The van der Waals surface area contributed by atoms with Crippen molar-refractivity contribution < 1.29 is 0 Å². The zero-order valence-corrected chi connectivity index (χ0v) is 14.3. The second kappa shape index (κ2) is 11.9. The summed E-state index contributed by atoms with van der Waals surface area (Å²) in [6, 6.07) is 21.6. The van der Waals surface area contributed by atoms with Crippen LogP contribution in [0.15, 0.2) is 60.7 Å². The highest BCUT2D eigenvalue weighted by molar-refractivity contribution is 5.15. The molecular weight excluding hydrogens is 278 g/mol. The lowest BCUT2D eigenvalue weighted by Crippen LogP contribution is -2.16. The van der Waals surface area contributed by atoms with Gasteiger partial charge in [-0.1, -0.05) is 73.5 Å². The average molecular weight is 309 g/mol. The Bertz CT molecular complexity index is 444. The van der Waals surface area contributed by atoms with Gasteiger partial charge in [-0.25, -0.2) is 0 Å². The third kappa shape index (κ3) is 8.56. The van der Waals surface area contributed by atoms with Crippen LogP contribution in [0.4, 0.5) is 0 Å². The normalized spacial score (nSPS) is 10.8. The first-order chi connectivity index (χ1) is 11.4. The summed E-state index contributed by atoms with van der Waals surface area (Å²) in [6.45, 7) is 2.35. The molecule has 0 saturated carbocycles. The summed E-state index contributed by atoms with van der Waals surface area (Å²) in [4.78, 5) is 0. The van der Waals surface area contributed by atoms with Crippen LogP contribution in [0.1, 0.15) is 49.7 Å². The highest BCUT2D eigenvalue weighted by Crippen LogP contribution is 2.07. The number of aryl methyl sites for hydroxylation is 2. The van der Waals surface area contributed by atoms with Crippen molar-refractivity contribution in [3.8, 4) is 0 Å². The Morgan fingerprint density at radius 3 is 1.35 bits per heavy atom. The maximum atomic E-state index is 3.58. The lowest BCUT2D eigenvalue weighted by Gasteiger charge is -2.05. The Balaban J connectivity index is 1.34. The SMILES string of the molecule is c1ccc(CCCCCNCCCCCc2ccccc2)cc1. The summed E-state index contributed by atoms with van der Waals surface area (Å²) in [6.07, 6.45) is 10.3. The van der Waals surface area contributed by atoms with Gasteiger partial charge < -0.3 is 5.32 Å². The summed E-state index contributed by atoms with van der Waals surface area (Å²) in [5, 5.41) is 3.58. The van der Waals surface area contributed by atoms with Gasteiger partial charge in [0.25, 0.3) is 0 Å². The number of benzene rings is 2. The monoisotopic (exact) mass is 309 g/mol. The van der Waals surface area contributed by atoms with Gasteiger partial charge >= 0.3 is 0 Å². The first-order valence-corrected chi connectivity index (χ1v) is 9.24. The van der Waals surface area contributed by atoms with Crippen LogP contribution in [0.2, 0.25) is 0 Å². The smallest absolute Gasteiger partial charge is 0.00489 e. The summed E-state index contributed by atoms with van der Waals surface area (Å²) >= 11 is 0. The Morgan fingerprint density at radius 1 is 0.478 bits per heavy atom. The van der Waals surface area contributed by atoms with E-state index in [1.807, 2.05) is 0 Å². The molecule has 0 fully saturated rings. The van der Waals surface area contributed by atoms with Crippen LogP contribution < -0.4 is 5.32 Å². The third-order valence-corrected chi connectivity index (χ3v) is 4.32. The average Bonchev–Trinajstić information content (AvgIpc) is 2.61. The molecule has 124 valence electrons. The fourth-order valence-corrected chi connectivity index (χ4v) is 2.93. The van der Waals surface area contributed by atoms with Crippen molar-refractivity contribution in [3.05, 3.63) is 71.8 Å². The van der Waals surface area contributed by atoms with E-state index in [4.69, 9.17) is 0 Å². The molecule has 0 spiro atoms. The van der Waals surface area contributed by atoms with Crippen molar-refractivity contribution in [2.75, 3.05) is 13.1 Å². The molecule has 0 aliphatic carbocycles. The summed E-state index contributed by atoms with van der Waals surface area (Å²) < 4.78 is 0. The molecule has 0 unspecified atom stereocenters. The minimum atomic E-state index is 1.17. The molecular formula is C22H31N. The number of rotatable bonds is 12. The van der Waals surface area contributed by atoms with Crippen LogP contribution in [0.25, 0.3) is 0 Å².